The van der Waals surface area contributed by atoms with Crippen LogP contribution in [0.4, 0.5) is 20.6 Å². The van der Waals surface area contributed by atoms with Crippen LogP contribution in [-0.2, 0) is 4.74 Å². The third-order valence-electron chi connectivity index (χ3n) is 5.69. The maximum atomic E-state index is 14.1. The summed E-state index contributed by atoms with van der Waals surface area (Å²) in [5, 5.41) is 11.8. The van der Waals surface area contributed by atoms with Gasteiger partial charge in [0.05, 0.1) is 4.92 Å². The molecule has 1 aliphatic heterocycles. The minimum atomic E-state index is -0.583. The van der Waals surface area contributed by atoms with Gasteiger partial charge < -0.3 is 19.3 Å². The largest absolute Gasteiger partial charge is 0.454 e. The van der Waals surface area contributed by atoms with Crippen LogP contribution < -0.4 is 9.64 Å². The summed E-state index contributed by atoms with van der Waals surface area (Å²) in [4.78, 5) is 27.3. The minimum absolute atomic E-state index is 0.0282. The Balaban J connectivity index is 1.83. The van der Waals surface area contributed by atoms with E-state index < -0.39 is 22.4 Å². The molecule has 184 valence electrons. The zero-order valence-corrected chi connectivity index (χ0v) is 20.3. The van der Waals surface area contributed by atoms with Crippen molar-refractivity contribution in [3.05, 3.63) is 57.9 Å². The van der Waals surface area contributed by atoms with E-state index in [9.17, 15) is 19.3 Å². The van der Waals surface area contributed by atoms with Gasteiger partial charge in [-0.15, -0.1) is 0 Å². The number of ether oxygens (including phenoxy) is 2. The molecule has 2 aromatic rings. The summed E-state index contributed by atoms with van der Waals surface area (Å²) in [6, 6.07) is 8.94. The van der Waals surface area contributed by atoms with Crippen molar-refractivity contribution in [3.63, 3.8) is 0 Å². The molecule has 8 nitrogen and oxygen atoms in total. The van der Waals surface area contributed by atoms with Crippen LogP contribution in [0.25, 0.3) is 0 Å². The summed E-state index contributed by atoms with van der Waals surface area (Å²) in [7, 11) is 1.70. The molecule has 9 heteroatoms. The van der Waals surface area contributed by atoms with Crippen molar-refractivity contribution in [2.75, 3.05) is 31.6 Å². The molecular weight excluding hydrogens is 441 g/mol. The van der Waals surface area contributed by atoms with Gasteiger partial charge in [0.1, 0.15) is 17.0 Å². The van der Waals surface area contributed by atoms with E-state index in [1.807, 2.05) is 25.7 Å². The van der Waals surface area contributed by atoms with Gasteiger partial charge in [0, 0.05) is 38.3 Å². The second kappa shape index (κ2) is 10.3. The second-order valence-corrected chi connectivity index (χ2v) is 9.66. The smallest absolute Gasteiger partial charge is 0.410 e. The molecule has 0 saturated carbocycles. The average molecular weight is 474 g/mol. The molecule has 0 aromatic heterocycles. The molecule has 1 atom stereocenters. The van der Waals surface area contributed by atoms with Gasteiger partial charge in [-0.05, 0) is 64.7 Å². The van der Waals surface area contributed by atoms with Gasteiger partial charge in [0.15, 0.2) is 11.6 Å². The molecule has 0 unspecified atom stereocenters. The summed E-state index contributed by atoms with van der Waals surface area (Å²) >= 11 is 0. The van der Waals surface area contributed by atoms with E-state index in [1.54, 1.807) is 31.0 Å². The highest BCUT2D eigenvalue weighted by molar-refractivity contribution is 5.72. The summed E-state index contributed by atoms with van der Waals surface area (Å²) < 4.78 is 25.3. The molecule has 1 saturated heterocycles. The van der Waals surface area contributed by atoms with Crippen LogP contribution in [0.5, 0.6) is 11.5 Å². The minimum Gasteiger partial charge on any atom is -0.454 e. The van der Waals surface area contributed by atoms with Gasteiger partial charge in [0.25, 0.3) is 5.69 Å². The van der Waals surface area contributed by atoms with Crippen molar-refractivity contribution < 1.29 is 23.6 Å². The van der Waals surface area contributed by atoms with Crippen LogP contribution >= 0.6 is 0 Å². The first-order chi connectivity index (χ1) is 16.0. The second-order valence-electron chi connectivity index (χ2n) is 9.66. The number of halogens is 1. The van der Waals surface area contributed by atoms with E-state index in [0.717, 1.165) is 12.8 Å². The van der Waals surface area contributed by atoms with Crippen LogP contribution in [0.2, 0.25) is 0 Å². The van der Waals surface area contributed by atoms with Gasteiger partial charge in [-0.1, -0.05) is 12.1 Å². The van der Waals surface area contributed by atoms with Gasteiger partial charge in [-0.3, -0.25) is 10.1 Å². The molecule has 0 radical (unpaired) electrons. The molecule has 1 aliphatic rings. The summed E-state index contributed by atoms with van der Waals surface area (Å²) in [5.74, 6) is 0.0195. The number of anilines is 1. The van der Waals surface area contributed by atoms with Gasteiger partial charge in [-0.2, -0.15) is 0 Å². The Labute approximate surface area is 199 Å². The summed E-state index contributed by atoms with van der Waals surface area (Å²) in [6.45, 7) is 8.85. The number of hydrogen-bond acceptors (Lipinski definition) is 6. The first-order valence-electron chi connectivity index (χ1n) is 11.4. The number of rotatable bonds is 6. The number of hydrogen-bond donors (Lipinski definition) is 0. The number of benzene rings is 2. The third-order valence-corrected chi connectivity index (χ3v) is 5.69. The number of nitro groups is 1. The zero-order chi connectivity index (χ0) is 25.0. The predicted molar refractivity (Wildman–Crippen MR) is 128 cm³/mol. The summed E-state index contributed by atoms with van der Waals surface area (Å²) in [6.07, 6.45) is 1.32. The molecule has 0 bridgehead atoms. The molecule has 34 heavy (non-hydrogen) atoms. The molecule has 0 spiro atoms. The number of nitro benzene ring substituents is 1. The molecule has 1 heterocycles. The van der Waals surface area contributed by atoms with Crippen molar-refractivity contribution in [1.82, 2.24) is 4.90 Å². The summed E-state index contributed by atoms with van der Waals surface area (Å²) in [5.41, 5.74) is 0.418. The maximum Gasteiger partial charge on any atom is 0.410 e. The normalized spacial score (nSPS) is 16.2. The fourth-order valence-electron chi connectivity index (χ4n) is 4.19. The van der Waals surface area contributed by atoms with Gasteiger partial charge >= 0.3 is 6.09 Å². The highest BCUT2D eigenvalue weighted by Gasteiger charge is 2.30. The first kappa shape index (κ1) is 25.3. The number of piperidine rings is 1. The molecule has 1 amide bonds. The molecule has 3 rings (SSSR count). The third kappa shape index (κ3) is 6.15. The first-order valence-corrected chi connectivity index (χ1v) is 11.4. The van der Waals surface area contributed by atoms with Crippen LogP contribution in [0.15, 0.2) is 36.4 Å². The molecule has 2 aromatic carbocycles. The van der Waals surface area contributed by atoms with Crippen molar-refractivity contribution >= 4 is 17.5 Å². The van der Waals surface area contributed by atoms with Gasteiger partial charge in [-0.25, -0.2) is 9.18 Å². The average Bonchev–Trinajstić information content (AvgIpc) is 2.75. The lowest BCUT2D eigenvalue weighted by Gasteiger charge is -2.37. The number of nitrogens with zero attached hydrogens (tertiary/aromatic N) is 3. The van der Waals surface area contributed by atoms with E-state index in [4.69, 9.17) is 9.47 Å². The highest BCUT2D eigenvalue weighted by Crippen LogP contribution is 2.41. The van der Waals surface area contributed by atoms with Crippen LogP contribution in [-0.4, -0.2) is 48.2 Å². The molecule has 0 N–H and O–H groups in total. The SMILES string of the molecule is Cc1c(Oc2ccccc2F)ccc([N+](=O)[O-])c1N1CCC[C@@H](CN(C)C(=O)OC(C)(C)C)C1. The Morgan fingerprint density at radius 1 is 1.24 bits per heavy atom. The highest BCUT2D eigenvalue weighted by atomic mass is 19.1. The molecule has 0 aliphatic carbocycles. The van der Waals surface area contributed by atoms with E-state index in [-0.39, 0.29) is 17.4 Å². The van der Waals surface area contributed by atoms with Crippen molar-refractivity contribution in [1.29, 1.82) is 0 Å². The number of carbonyl (C=O) groups excluding carboxylic acids is 1. The molecular formula is C25H32FN3O5. The fourth-order valence-corrected chi connectivity index (χ4v) is 4.19. The van der Waals surface area contributed by atoms with E-state index in [2.05, 4.69) is 0 Å². The monoisotopic (exact) mass is 473 g/mol. The maximum absolute atomic E-state index is 14.1. The van der Waals surface area contributed by atoms with E-state index in [1.165, 1.54) is 24.3 Å². The lowest BCUT2D eigenvalue weighted by molar-refractivity contribution is -0.384. The Hall–Kier alpha value is -3.36. The Morgan fingerprint density at radius 2 is 1.94 bits per heavy atom. The number of para-hydroxylation sites is 1. The van der Waals surface area contributed by atoms with E-state index >= 15 is 0 Å². The van der Waals surface area contributed by atoms with Crippen molar-refractivity contribution in [3.8, 4) is 11.5 Å². The number of carbonyl (C=O) groups is 1. The quantitative estimate of drug-likeness (QED) is 0.383. The number of amides is 1. The topological polar surface area (TPSA) is 85.2 Å². The molecule has 1 fully saturated rings. The Kier molecular flexibility index (Phi) is 7.64. The standard InChI is InChI=1S/C25H32FN3O5/c1-17-21(33-22-11-7-6-10-19(22)26)13-12-20(29(31)32)23(17)28-14-8-9-18(16-28)15-27(5)24(30)34-25(2,3)4/h6-7,10-13,18H,8-9,14-16H2,1-5H3/t18-/m0/s1. The Bertz CT molecular complexity index is 1050. The zero-order valence-electron chi connectivity index (χ0n) is 20.3. The fraction of sp³-hybridized carbons (Fsp3) is 0.480. The van der Waals surface area contributed by atoms with Crippen LogP contribution in [0.3, 0.4) is 0 Å². The van der Waals surface area contributed by atoms with Crippen molar-refractivity contribution in [2.24, 2.45) is 5.92 Å². The Morgan fingerprint density at radius 3 is 2.59 bits per heavy atom. The van der Waals surface area contributed by atoms with Crippen LogP contribution in [0, 0.1) is 28.8 Å². The predicted octanol–water partition coefficient (Wildman–Crippen LogP) is 5.92. The van der Waals surface area contributed by atoms with E-state index in [0.29, 0.717) is 36.6 Å². The lowest BCUT2D eigenvalue weighted by atomic mass is 9.96. The van der Waals surface area contributed by atoms with Crippen LogP contribution in [0.1, 0.15) is 39.2 Å². The lowest BCUT2D eigenvalue weighted by Crippen LogP contribution is -2.43. The van der Waals surface area contributed by atoms with Crippen molar-refractivity contribution in [2.45, 2.75) is 46.1 Å². The van der Waals surface area contributed by atoms with Gasteiger partial charge in [0.2, 0.25) is 0 Å².